The summed E-state index contributed by atoms with van der Waals surface area (Å²) in [6.45, 7) is 10.4. The molecule has 2 unspecified atom stereocenters. The zero-order valence-electron chi connectivity index (χ0n) is 27.6. The van der Waals surface area contributed by atoms with Crippen molar-refractivity contribution in [2.24, 2.45) is 0 Å². The number of carbonyl (C=O) groups excluding carboxylic acids is 2. The van der Waals surface area contributed by atoms with E-state index in [0.717, 1.165) is 24.0 Å². The van der Waals surface area contributed by atoms with Crippen molar-refractivity contribution in [3.8, 4) is 11.5 Å². The lowest BCUT2D eigenvalue weighted by atomic mass is 10.1. The van der Waals surface area contributed by atoms with Gasteiger partial charge in [-0.2, -0.15) is 0 Å². The number of phenolic OH excluding ortho intramolecular Hbond substituents is 2. The number of esters is 1. The maximum atomic E-state index is 12.4. The first-order valence-corrected chi connectivity index (χ1v) is 18.4. The number of hydrogen-bond acceptors (Lipinski definition) is 10. The number of carbonyl (C=O) groups is 2. The fourth-order valence-electron chi connectivity index (χ4n) is 4.67. The molecule has 2 aromatic carbocycles. The van der Waals surface area contributed by atoms with E-state index in [4.69, 9.17) is 9.47 Å². The number of rotatable bonds is 25. The van der Waals surface area contributed by atoms with Gasteiger partial charge in [0.15, 0.2) is 0 Å². The predicted octanol–water partition coefficient (Wildman–Crippen LogP) is 7.07. The van der Waals surface area contributed by atoms with Gasteiger partial charge in [0, 0.05) is 48.1 Å². The number of aromatic hydroxyl groups is 2. The van der Waals surface area contributed by atoms with E-state index in [1.165, 1.54) is 37.4 Å². The Labute approximate surface area is 279 Å². The Morgan fingerprint density at radius 3 is 1.76 bits per heavy atom. The van der Waals surface area contributed by atoms with Gasteiger partial charge in [-0.05, 0) is 39.3 Å². The summed E-state index contributed by atoms with van der Waals surface area (Å²) >= 11 is 3.07. The van der Waals surface area contributed by atoms with Crippen LogP contribution in [-0.2, 0) is 32.2 Å². The van der Waals surface area contributed by atoms with Gasteiger partial charge >= 0.3 is 5.97 Å². The van der Waals surface area contributed by atoms with Crippen molar-refractivity contribution < 1.29 is 29.3 Å². The minimum Gasteiger partial charge on any atom is -0.508 e. The summed E-state index contributed by atoms with van der Waals surface area (Å²) in [6, 6.07) is 14.7. The Morgan fingerprint density at radius 2 is 1.24 bits per heavy atom. The van der Waals surface area contributed by atoms with Crippen LogP contribution in [0, 0.1) is 0 Å². The molecule has 0 aliphatic carbocycles. The Bertz CT molecular complexity index is 1120. The molecule has 2 N–H and O–H groups in total. The van der Waals surface area contributed by atoms with Crippen molar-refractivity contribution in [2.45, 2.75) is 91.4 Å². The average molecular weight is 663 g/mol. The molecular weight excluding hydrogens is 609 g/mol. The SMILES string of the molecule is CCCCCCCCOC(=O)CSCN(Cc1ccccc1O)C(C)COCC(C)N(CSCC(C)=O)Cc1ccccc1O. The molecule has 8 nitrogen and oxygen atoms in total. The van der Waals surface area contributed by atoms with E-state index in [2.05, 4.69) is 30.6 Å². The fraction of sp³-hybridized carbons (Fsp3) is 0.600. The second kappa shape index (κ2) is 23.1. The first-order valence-electron chi connectivity index (χ1n) is 16.1. The summed E-state index contributed by atoms with van der Waals surface area (Å²) in [6.07, 6.45) is 6.91. The lowest BCUT2D eigenvalue weighted by molar-refractivity contribution is -0.140. The van der Waals surface area contributed by atoms with Crippen LogP contribution in [0.15, 0.2) is 48.5 Å². The highest BCUT2D eigenvalue weighted by Crippen LogP contribution is 2.23. The van der Waals surface area contributed by atoms with E-state index in [0.29, 0.717) is 50.4 Å². The quantitative estimate of drug-likeness (QED) is 0.0653. The molecular formula is C35H54N2O6S2. The van der Waals surface area contributed by atoms with Crippen LogP contribution >= 0.6 is 23.5 Å². The lowest BCUT2D eigenvalue weighted by Gasteiger charge is -2.31. The van der Waals surface area contributed by atoms with Gasteiger partial charge in [-0.15, -0.1) is 23.5 Å². The molecule has 0 saturated carbocycles. The predicted molar refractivity (Wildman–Crippen MR) is 187 cm³/mol. The Balaban J connectivity index is 1.90. The molecule has 252 valence electrons. The van der Waals surface area contributed by atoms with E-state index < -0.39 is 0 Å². The normalized spacial score (nSPS) is 12.8. The maximum Gasteiger partial charge on any atom is 0.315 e. The lowest BCUT2D eigenvalue weighted by Crippen LogP contribution is -2.39. The monoisotopic (exact) mass is 662 g/mol. The van der Waals surface area contributed by atoms with Crippen molar-refractivity contribution in [2.75, 3.05) is 43.1 Å². The summed E-state index contributed by atoms with van der Waals surface area (Å²) in [5.41, 5.74) is 1.65. The Kier molecular flexibility index (Phi) is 20.0. The minimum absolute atomic E-state index is 0.0159. The summed E-state index contributed by atoms with van der Waals surface area (Å²) in [5.74, 6) is 2.37. The van der Waals surface area contributed by atoms with E-state index in [1.807, 2.05) is 24.3 Å². The highest BCUT2D eigenvalue weighted by atomic mass is 32.2. The topological polar surface area (TPSA) is 99.5 Å². The molecule has 0 saturated heterocycles. The molecule has 0 heterocycles. The number of ketones is 1. The van der Waals surface area contributed by atoms with Gasteiger partial charge in [-0.3, -0.25) is 19.4 Å². The van der Waals surface area contributed by atoms with E-state index in [-0.39, 0.29) is 41.1 Å². The highest BCUT2D eigenvalue weighted by Gasteiger charge is 2.20. The third kappa shape index (κ3) is 16.8. The molecule has 0 radical (unpaired) electrons. The highest BCUT2D eigenvalue weighted by molar-refractivity contribution is 8.00. The van der Waals surface area contributed by atoms with Crippen molar-refractivity contribution in [3.63, 3.8) is 0 Å². The second-order valence-corrected chi connectivity index (χ2v) is 13.5. The van der Waals surface area contributed by atoms with Gasteiger partial charge in [0.1, 0.15) is 17.3 Å². The number of hydrogen-bond donors (Lipinski definition) is 2. The molecule has 0 aromatic heterocycles. The summed E-state index contributed by atoms with van der Waals surface area (Å²) in [7, 11) is 0. The smallest absolute Gasteiger partial charge is 0.315 e. The molecule has 2 rings (SSSR count). The van der Waals surface area contributed by atoms with Gasteiger partial charge in [-0.1, -0.05) is 75.4 Å². The first kappa shape index (κ1) is 38.9. The van der Waals surface area contributed by atoms with Crippen LogP contribution in [0.4, 0.5) is 0 Å². The van der Waals surface area contributed by atoms with Gasteiger partial charge in [0.2, 0.25) is 0 Å². The van der Waals surface area contributed by atoms with Crippen LogP contribution in [-0.4, -0.2) is 86.9 Å². The summed E-state index contributed by atoms with van der Waals surface area (Å²) in [4.78, 5) is 28.3. The van der Waals surface area contributed by atoms with Gasteiger partial charge in [0.25, 0.3) is 0 Å². The number of ether oxygens (including phenoxy) is 2. The molecule has 0 fully saturated rings. The Hall–Kier alpha value is -2.24. The fourth-order valence-corrected chi connectivity index (χ4v) is 6.55. The van der Waals surface area contributed by atoms with Gasteiger partial charge in [-0.25, -0.2) is 0 Å². The molecule has 2 atom stereocenters. The minimum atomic E-state index is -0.194. The third-order valence-electron chi connectivity index (χ3n) is 7.50. The maximum absolute atomic E-state index is 12.4. The molecule has 0 aliphatic rings. The van der Waals surface area contributed by atoms with Crippen LogP contribution in [0.3, 0.4) is 0 Å². The number of thioether (sulfide) groups is 2. The van der Waals surface area contributed by atoms with E-state index in [9.17, 15) is 19.8 Å². The van der Waals surface area contributed by atoms with Gasteiger partial charge < -0.3 is 19.7 Å². The van der Waals surface area contributed by atoms with Crippen molar-refractivity contribution in [1.82, 2.24) is 9.80 Å². The molecule has 0 bridgehead atoms. The van der Waals surface area contributed by atoms with Crippen LogP contribution in [0.2, 0.25) is 0 Å². The van der Waals surface area contributed by atoms with Crippen LogP contribution in [0.25, 0.3) is 0 Å². The van der Waals surface area contributed by atoms with Crippen LogP contribution in [0.1, 0.15) is 77.3 Å². The van der Waals surface area contributed by atoms with Gasteiger partial charge in [0.05, 0.1) is 31.3 Å². The molecule has 45 heavy (non-hydrogen) atoms. The number of nitrogens with zero attached hydrogens (tertiary/aromatic N) is 2. The summed E-state index contributed by atoms with van der Waals surface area (Å²) < 4.78 is 11.7. The third-order valence-corrected chi connectivity index (χ3v) is 9.57. The number of Topliss-reactive ketones (excluding diaryl/α,β-unsaturated/α-hetero) is 1. The largest absolute Gasteiger partial charge is 0.508 e. The molecule has 10 heteroatoms. The first-order chi connectivity index (χ1) is 21.7. The second-order valence-electron chi connectivity index (χ2n) is 11.6. The van der Waals surface area contributed by atoms with E-state index in [1.54, 1.807) is 43.0 Å². The standard InChI is InChI=1S/C35H54N2O6S2/c1-5-6-7-8-9-14-19-43-35(41)25-45-27-37(21-32-16-11-13-18-34(32)40)29(3)23-42-22-28(2)36(26-44-24-30(4)38)20-31-15-10-12-17-33(31)39/h10-13,15-18,28-29,39-40H,5-9,14,19-27H2,1-4H3. The van der Waals surface area contributed by atoms with E-state index >= 15 is 0 Å². The van der Waals surface area contributed by atoms with Crippen molar-refractivity contribution >= 4 is 35.3 Å². The van der Waals surface area contributed by atoms with Crippen molar-refractivity contribution in [1.29, 1.82) is 0 Å². The molecule has 0 spiro atoms. The van der Waals surface area contributed by atoms with Crippen LogP contribution < -0.4 is 0 Å². The molecule has 0 amide bonds. The molecule has 2 aromatic rings. The number of phenols is 2. The zero-order chi connectivity index (χ0) is 32.9. The number of benzene rings is 2. The average Bonchev–Trinajstić information content (AvgIpc) is 3.01. The summed E-state index contributed by atoms with van der Waals surface area (Å²) in [5, 5.41) is 20.7. The zero-order valence-corrected chi connectivity index (χ0v) is 29.3. The number of unbranched alkanes of at least 4 members (excludes halogenated alkanes) is 5. The van der Waals surface area contributed by atoms with Crippen LogP contribution in [0.5, 0.6) is 11.5 Å². The number of para-hydroxylation sites is 2. The molecule has 0 aliphatic heterocycles. The Morgan fingerprint density at radius 1 is 0.756 bits per heavy atom. The van der Waals surface area contributed by atoms with Crippen molar-refractivity contribution in [3.05, 3.63) is 59.7 Å².